The second-order valence-corrected chi connectivity index (χ2v) is 6.84. The highest BCUT2D eigenvalue weighted by Crippen LogP contribution is 2.23. The highest BCUT2D eigenvalue weighted by atomic mass is 32.2. The molecule has 0 saturated heterocycles. The molecule has 4 aromatic rings. The number of anilines is 1. The zero-order valence-electron chi connectivity index (χ0n) is 12.2. The first-order valence-corrected chi connectivity index (χ1v) is 8.92. The number of aromatic nitrogens is 5. The Morgan fingerprint density at radius 3 is 2.87 bits per heavy atom. The number of benzene rings is 1. The first kappa shape index (κ1) is 14.3. The number of thiazole rings is 1. The molecule has 3 aromatic heterocycles. The second kappa shape index (κ2) is 6.05. The predicted molar refractivity (Wildman–Crippen MR) is 92.6 cm³/mol. The fourth-order valence-electron chi connectivity index (χ4n) is 2.29. The molecule has 0 saturated carbocycles. The number of hydrogen-bond acceptors (Lipinski definition) is 6. The molecule has 4 rings (SSSR count). The smallest absolute Gasteiger partial charge is 0.223 e. The number of hydrogen-bond donors (Lipinski definition) is 1. The monoisotopic (exact) mass is 342 g/mol. The van der Waals surface area contributed by atoms with Crippen LogP contribution in [0.15, 0.2) is 53.3 Å². The molecule has 0 bridgehead atoms. The van der Waals surface area contributed by atoms with Crippen LogP contribution >= 0.6 is 23.1 Å². The molecule has 3 heterocycles. The third kappa shape index (κ3) is 2.95. The minimum Gasteiger partial charge on any atom is -0.368 e. The van der Waals surface area contributed by atoms with Crippen LogP contribution < -0.4 is 5.73 Å². The first-order chi connectivity index (χ1) is 11.3. The zero-order valence-corrected chi connectivity index (χ0v) is 13.8. The summed E-state index contributed by atoms with van der Waals surface area (Å²) in [4.78, 5) is 5.57. The molecule has 0 fully saturated rings. The van der Waals surface area contributed by atoms with Crippen molar-refractivity contribution in [3.8, 4) is 0 Å². The fraction of sp³-hybridized carbons (Fsp3) is 0.133. The topological polar surface area (TPSA) is 74.0 Å². The van der Waals surface area contributed by atoms with E-state index < -0.39 is 0 Å². The van der Waals surface area contributed by atoms with Crippen molar-refractivity contribution in [1.29, 1.82) is 0 Å². The van der Waals surface area contributed by atoms with Gasteiger partial charge in [-0.2, -0.15) is 0 Å². The maximum Gasteiger partial charge on any atom is 0.223 e. The molecule has 0 aliphatic heterocycles. The Kier molecular flexibility index (Phi) is 3.76. The number of fused-ring (bicyclic) bond motifs is 1. The molecule has 0 atom stereocenters. The van der Waals surface area contributed by atoms with Crippen LogP contribution in [0.5, 0.6) is 0 Å². The SMILES string of the molecule is Nc1nnc(SCc2ccccc2)n1Cc1cn2ccsc2n1. The largest absolute Gasteiger partial charge is 0.368 e. The van der Waals surface area contributed by atoms with E-state index >= 15 is 0 Å². The number of nitrogens with zero attached hydrogens (tertiary/aromatic N) is 5. The number of thioether (sulfide) groups is 1. The third-order valence-electron chi connectivity index (χ3n) is 3.42. The average Bonchev–Trinajstić information content (AvgIpc) is 3.23. The number of imidazole rings is 1. The Hall–Kier alpha value is -2.32. The van der Waals surface area contributed by atoms with Crippen LogP contribution in [-0.2, 0) is 12.3 Å². The lowest BCUT2D eigenvalue weighted by atomic mass is 10.2. The van der Waals surface area contributed by atoms with Crippen molar-refractivity contribution in [3.05, 3.63) is 59.4 Å². The van der Waals surface area contributed by atoms with E-state index in [1.165, 1.54) is 5.56 Å². The Morgan fingerprint density at radius 1 is 1.17 bits per heavy atom. The molecule has 0 unspecified atom stereocenters. The minimum absolute atomic E-state index is 0.414. The van der Waals surface area contributed by atoms with Crippen molar-refractivity contribution in [2.24, 2.45) is 0 Å². The van der Waals surface area contributed by atoms with Crippen LogP contribution in [0.3, 0.4) is 0 Å². The van der Waals surface area contributed by atoms with Gasteiger partial charge in [-0.15, -0.1) is 21.5 Å². The van der Waals surface area contributed by atoms with E-state index in [1.807, 2.05) is 44.9 Å². The van der Waals surface area contributed by atoms with Crippen LogP contribution in [0.4, 0.5) is 5.95 Å². The van der Waals surface area contributed by atoms with Crippen LogP contribution in [0.2, 0.25) is 0 Å². The summed E-state index contributed by atoms with van der Waals surface area (Å²) in [7, 11) is 0. The van der Waals surface area contributed by atoms with E-state index in [0.29, 0.717) is 12.5 Å². The van der Waals surface area contributed by atoms with Crippen LogP contribution in [0.25, 0.3) is 4.96 Å². The van der Waals surface area contributed by atoms with Gasteiger partial charge in [-0.05, 0) is 5.56 Å². The third-order valence-corrected chi connectivity index (χ3v) is 5.23. The van der Waals surface area contributed by atoms with Crippen molar-refractivity contribution in [2.45, 2.75) is 17.5 Å². The molecule has 2 N–H and O–H groups in total. The van der Waals surface area contributed by atoms with Crippen molar-refractivity contribution in [3.63, 3.8) is 0 Å². The minimum atomic E-state index is 0.414. The highest BCUT2D eigenvalue weighted by molar-refractivity contribution is 7.98. The Bertz CT molecular complexity index is 895. The summed E-state index contributed by atoms with van der Waals surface area (Å²) >= 11 is 3.24. The number of rotatable bonds is 5. The molecule has 23 heavy (non-hydrogen) atoms. The van der Waals surface area contributed by atoms with Gasteiger partial charge in [0.1, 0.15) is 0 Å². The maximum atomic E-state index is 5.97. The zero-order chi connectivity index (χ0) is 15.6. The molecular formula is C15H14N6S2. The molecular weight excluding hydrogens is 328 g/mol. The van der Waals surface area contributed by atoms with Crippen LogP contribution in [0, 0.1) is 0 Å². The van der Waals surface area contributed by atoms with Gasteiger partial charge in [-0.1, -0.05) is 42.1 Å². The van der Waals surface area contributed by atoms with Gasteiger partial charge in [0.25, 0.3) is 0 Å². The number of nitrogens with two attached hydrogens (primary N) is 1. The van der Waals surface area contributed by atoms with Gasteiger partial charge < -0.3 is 5.73 Å². The predicted octanol–water partition coefficient (Wildman–Crippen LogP) is 2.91. The van der Waals surface area contributed by atoms with Gasteiger partial charge in [0.05, 0.1) is 12.2 Å². The maximum absolute atomic E-state index is 5.97. The lowest BCUT2D eigenvalue weighted by molar-refractivity contribution is 0.705. The van der Waals surface area contributed by atoms with Gasteiger partial charge in [-0.25, -0.2) is 4.98 Å². The Labute approximate surface area is 141 Å². The van der Waals surface area contributed by atoms with E-state index in [9.17, 15) is 0 Å². The van der Waals surface area contributed by atoms with Crippen molar-refractivity contribution >= 4 is 34.0 Å². The average molecular weight is 342 g/mol. The molecule has 0 spiro atoms. The van der Waals surface area contributed by atoms with E-state index in [4.69, 9.17) is 5.73 Å². The standard InChI is InChI=1S/C15H14N6S2/c16-13-18-19-15(23-10-11-4-2-1-3-5-11)21(13)9-12-8-20-6-7-22-14(20)17-12/h1-8H,9-10H2,(H2,16,18). The summed E-state index contributed by atoms with van der Waals surface area (Å²) in [6.07, 6.45) is 4.01. The molecule has 116 valence electrons. The summed E-state index contributed by atoms with van der Waals surface area (Å²) in [6, 6.07) is 10.3. The van der Waals surface area contributed by atoms with Gasteiger partial charge in [0.2, 0.25) is 5.95 Å². The molecule has 6 nitrogen and oxygen atoms in total. The van der Waals surface area contributed by atoms with E-state index in [0.717, 1.165) is 21.6 Å². The molecule has 8 heteroatoms. The summed E-state index contributed by atoms with van der Waals surface area (Å²) in [5.41, 5.74) is 8.16. The normalized spacial score (nSPS) is 11.3. The molecule has 1 aromatic carbocycles. The highest BCUT2D eigenvalue weighted by Gasteiger charge is 2.13. The summed E-state index contributed by atoms with van der Waals surface area (Å²) in [5.74, 6) is 1.24. The van der Waals surface area contributed by atoms with Gasteiger partial charge >= 0.3 is 0 Å². The van der Waals surface area contributed by atoms with Crippen LogP contribution in [-0.4, -0.2) is 24.1 Å². The lowest BCUT2D eigenvalue weighted by Gasteiger charge is -2.06. The Morgan fingerprint density at radius 2 is 2.04 bits per heavy atom. The van der Waals surface area contributed by atoms with Crippen molar-refractivity contribution in [2.75, 3.05) is 5.73 Å². The first-order valence-electron chi connectivity index (χ1n) is 7.06. The summed E-state index contributed by atoms with van der Waals surface area (Å²) in [6.45, 7) is 0.574. The summed E-state index contributed by atoms with van der Waals surface area (Å²) < 4.78 is 3.91. The molecule has 0 aliphatic carbocycles. The van der Waals surface area contributed by atoms with Crippen molar-refractivity contribution in [1.82, 2.24) is 24.1 Å². The van der Waals surface area contributed by atoms with Gasteiger partial charge in [0, 0.05) is 23.5 Å². The van der Waals surface area contributed by atoms with Gasteiger partial charge in [0.15, 0.2) is 10.1 Å². The van der Waals surface area contributed by atoms with E-state index in [1.54, 1.807) is 23.1 Å². The molecule has 0 aliphatic rings. The quantitative estimate of drug-likeness (QED) is 0.565. The molecule has 0 amide bonds. The van der Waals surface area contributed by atoms with Crippen molar-refractivity contribution < 1.29 is 0 Å². The van der Waals surface area contributed by atoms with Crippen LogP contribution in [0.1, 0.15) is 11.3 Å². The Balaban J connectivity index is 1.54. The van der Waals surface area contributed by atoms with E-state index in [2.05, 4.69) is 27.3 Å². The second-order valence-electron chi connectivity index (χ2n) is 5.03. The number of nitrogen functional groups attached to an aromatic ring is 1. The lowest BCUT2D eigenvalue weighted by Crippen LogP contribution is -2.06. The fourth-order valence-corrected chi connectivity index (χ4v) is 3.91. The van der Waals surface area contributed by atoms with E-state index in [-0.39, 0.29) is 0 Å². The van der Waals surface area contributed by atoms with Gasteiger partial charge in [-0.3, -0.25) is 8.97 Å². The molecule has 0 radical (unpaired) electrons. The summed E-state index contributed by atoms with van der Waals surface area (Å²) in [5, 5.41) is 11.0.